The van der Waals surface area contributed by atoms with Crippen LogP contribution < -0.4 is 10.2 Å². The maximum atomic E-state index is 12.7. The van der Waals surface area contributed by atoms with E-state index >= 15 is 0 Å². The first-order valence-electron chi connectivity index (χ1n) is 8.79. The number of nitrogens with one attached hydrogen (secondary N) is 1. The Hall–Kier alpha value is -3.36. The minimum atomic E-state index is -4.58. The van der Waals surface area contributed by atoms with Crippen LogP contribution in [0.2, 0.25) is 0 Å². The van der Waals surface area contributed by atoms with Crippen LogP contribution in [0, 0.1) is 0 Å². The van der Waals surface area contributed by atoms with Crippen LogP contribution in [0.1, 0.15) is 28.8 Å². The van der Waals surface area contributed by atoms with Gasteiger partial charge in [-0.1, -0.05) is 6.07 Å². The third-order valence-corrected chi connectivity index (χ3v) is 4.30. The number of hydrogen-bond donors (Lipinski definition) is 1. The molecule has 0 aromatic heterocycles. The summed E-state index contributed by atoms with van der Waals surface area (Å²) in [5, 5.41) is 2.51. The van der Waals surface area contributed by atoms with Crippen LogP contribution in [0.15, 0.2) is 48.5 Å². The Bertz CT molecular complexity index is 926. The van der Waals surface area contributed by atoms with E-state index in [4.69, 9.17) is 4.74 Å². The van der Waals surface area contributed by atoms with Crippen molar-refractivity contribution in [2.45, 2.75) is 19.0 Å². The normalized spacial score (nSPS) is 14.0. The molecule has 2 amide bonds. The summed E-state index contributed by atoms with van der Waals surface area (Å²) in [4.78, 5) is 37.2. The molecule has 1 heterocycles. The number of ether oxygens (including phenoxy) is 1. The number of carbonyl (C=O) groups excluding carboxylic acids is 3. The zero-order valence-corrected chi connectivity index (χ0v) is 15.2. The van der Waals surface area contributed by atoms with Gasteiger partial charge in [0.1, 0.15) is 0 Å². The van der Waals surface area contributed by atoms with Gasteiger partial charge in [0.15, 0.2) is 6.61 Å². The summed E-state index contributed by atoms with van der Waals surface area (Å²) in [5.41, 5.74) is -0.123. The van der Waals surface area contributed by atoms with Crippen molar-refractivity contribution in [3.63, 3.8) is 0 Å². The van der Waals surface area contributed by atoms with Gasteiger partial charge in [-0.2, -0.15) is 13.2 Å². The molecular formula is C20H17F3N2O4. The minimum Gasteiger partial charge on any atom is -0.452 e. The maximum absolute atomic E-state index is 12.7. The first-order valence-corrected chi connectivity index (χ1v) is 8.79. The van der Waals surface area contributed by atoms with Crippen LogP contribution >= 0.6 is 0 Å². The minimum absolute atomic E-state index is 0.0447. The van der Waals surface area contributed by atoms with Crippen LogP contribution in [-0.4, -0.2) is 30.9 Å². The van der Waals surface area contributed by atoms with Crippen molar-refractivity contribution in [1.29, 1.82) is 0 Å². The molecule has 3 rings (SSSR count). The molecule has 0 aliphatic carbocycles. The Morgan fingerprint density at radius 3 is 2.45 bits per heavy atom. The molecule has 0 radical (unpaired) electrons. The SMILES string of the molecule is O=C(COC(=O)c1cccc(C(F)(F)F)c1)Nc1ccc(N2CCCC2=O)cc1. The summed E-state index contributed by atoms with van der Waals surface area (Å²) in [6.45, 7) is -0.00251. The largest absolute Gasteiger partial charge is 0.452 e. The second-order valence-electron chi connectivity index (χ2n) is 6.40. The summed E-state index contributed by atoms with van der Waals surface area (Å²) in [6, 6.07) is 10.4. The van der Waals surface area contributed by atoms with E-state index in [0.29, 0.717) is 24.7 Å². The van der Waals surface area contributed by atoms with Crippen molar-refractivity contribution in [2.75, 3.05) is 23.4 Å². The highest BCUT2D eigenvalue weighted by Crippen LogP contribution is 2.29. The highest BCUT2D eigenvalue weighted by molar-refractivity contribution is 5.97. The van der Waals surface area contributed by atoms with E-state index in [1.54, 1.807) is 29.2 Å². The molecule has 0 unspecified atom stereocenters. The van der Waals surface area contributed by atoms with E-state index < -0.39 is 30.2 Å². The topological polar surface area (TPSA) is 75.7 Å². The molecule has 1 fully saturated rings. The lowest BCUT2D eigenvalue weighted by Gasteiger charge is -2.16. The Labute approximate surface area is 164 Å². The summed E-state index contributed by atoms with van der Waals surface area (Å²) in [7, 11) is 0. The van der Waals surface area contributed by atoms with Gasteiger partial charge in [-0.3, -0.25) is 9.59 Å². The lowest BCUT2D eigenvalue weighted by Crippen LogP contribution is -2.24. The van der Waals surface area contributed by atoms with E-state index in [1.807, 2.05) is 0 Å². The molecule has 152 valence electrons. The number of halogens is 3. The molecule has 0 bridgehead atoms. The van der Waals surface area contributed by atoms with E-state index in [1.165, 1.54) is 6.07 Å². The third-order valence-electron chi connectivity index (χ3n) is 4.30. The predicted molar refractivity (Wildman–Crippen MR) is 98.4 cm³/mol. The molecule has 29 heavy (non-hydrogen) atoms. The Morgan fingerprint density at radius 1 is 1.10 bits per heavy atom. The molecule has 0 atom stereocenters. The lowest BCUT2D eigenvalue weighted by atomic mass is 10.1. The van der Waals surface area contributed by atoms with Gasteiger partial charge in [-0.15, -0.1) is 0 Å². The van der Waals surface area contributed by atoms with Crippen LogP contribution in [0.5, 0.6) is 0 Å². The average molecular weight is 406 g/mol. The van der Waals surface area contributed by atoms with E-state index in [9.17, 15) is 27.6 Å². The van der Waals surface area contributed by atoms with Gasteiger partial charge < -0.3 is 15.0 Å². The van der Waals surface area contributed by atoms with Gasteiger partial charge in [0, 0.05) is 24.3 Å². The van der Waals surface area contributed by atoms with Crippen molar-refractivity contribution in [1.82, 2.24) is 0 Å². The van der Waals surface area contributed by atoms with Crippen molar-refractivity contribution in [3.8, 4) is 0 Å². The average Bonchev–Trinajstić information content (AvgIpc) is 3.12. The number of alkyl halides is 3. The number of nitrogens with zero attached hydrogens (tertiary/aromatic N) is 1. The van der Waals surface area contributed by atoms with Crippen molar-refractivity contribution in [3.05, 3.63) is 59.7 Å². The van der Waals surface area contributed by atoms with Crippen molar-refractivity contribution >= 4 is 29.2 Å². The first-order chi connectivity index (χ1) is 13.7. The highest BCUT2D eigenvalue weighted by Gasteiger charge is 2.31. The smallest absolute Gasteiger partial charge is 0.416 e. The second kappa shape index (κ2) is 8.34. The summed E-state index contributed by atoms with van der Waals surface area (Å²) < 4.78 is 42.9. The molecule has 1 N–H and O–H groups in total. The standard InChI is InChI=1S/C20H17F3N2O4/c21-20(22,23)14-4-1-3-13(11-14)19(28)29-12-17(26)24-15-6-8-16(9-7-15)25-10-2-5-18(25)27/h1,3-4,6-9,11H,2,5,10,12H2,(H,24,26). The van der Waals surface area contributed by atoms with Gasteiger partial charge in [-0.05, 0) is 48.9 Å². The number of anilines is 2. The number of esters is 1. The Kier molecular flexibility index (Phi) is 5.86. The molecule has 1 aliphatic rings. The molecule has 0 spiro atoms. The molecule has 1 saturated heterocycles. The number of amides is 2. The number of rotatable bonds is 5. The van der Waals surface area contributed by atoms with E-state index in [0.717, 1.165) is 24.2 Å². The van der Waals surface area contributed by atoms with Crippen LogP contribution in [0.4, 0.5) is 24.5 Å². The molecule has 1 aliphatic heterocycles. The van der Waals surface area contributed by atoms with Crippen LogP contribution in [0.25, 0.3) is 0 Å². The van der Waals surface area contributed by atoms with Crippen LogP contribution in [-0.2, 0) is 20.5 Å². The third kappa shape index (κ3) is 5.13. The summed E-state index contributed by atoms with van der Waals surface area (Å²) >= 11 is 0. The number of hydrogen-bond acceptors (Lipinski definition) is 4. The molecule has 2 aromatic carbocycles. The van der Waals surface area contributed by atoms with Gasteiger partial charge in [0.2, 0.25) is 5.91 Å². The molecule has 6 nitrogen and oxygen atoms in total. The molecular weight excluding hydrogens is 389 g/mol. The first kappa shape index (κ1) is 20.4. The van der Waals surface area contributed by atoms with Crippen molar-refractivity contribution < 1.29 is 32.3 Å². The monoisotopic (exact) mass is 406 g/mol. The van der Waals surface area contributed by atoms with Gasteiger partial charge in [0.25, 0.3) is 5.91 Å². The fraction of sp³-hybridized carbons (Fsp3) is 0.250. The number of carbonyl (C=O) groups is 3. The molecule has 2 aromatic rings. The van der Waals surface area contributed by atoms with Gasteiger partial charge in [0.05, 0.1) is 11.1 Å². The maximum Gasteiger partial charge on any atom is 0.416 e. The Morgan fingerprint density at radius 2 is 1.83 bits per heavy atom. The summed E-state index contributed by atoms with van der Waals surface area (Å²) in [6.07, 6.45) is -3.27. The predicted octanol–water partition coefficient (Wildman–Crippen LogP) is 3.63. The van der Waals surface area contributed by atoms with E-state index in [2.05, 4.69) is 5.32 Å². The zero-order valence-electron chi connectivity index (χ0n) is 15.2. The fourth-order valence-corrected chi connectivity index (χ4v) is 2.88. The quantitative estimate of drug-likeness (QED) is 0.770. The number of benzene rings is 2. The summed E-state index contributed by atoms with van der Waals surface area (Å²) in [5.74, 6) is -1.63. The molecule has 9 heteroatoms. The Balaban J connectivity index is 1.53. The van der Waals surface area contributed by atoms with Gasteiger partial charge >= 0.3 is 12.1 Å². The van der Waals surface area contributed by atoms with Crippen molar-refractivity contribution in [2.24, 2.45) is 0 Å². The second-order valence-corrected chi connectivity index (χ2v) is 6.40. The zero-order chi connectivity index (χ0) is 21.0. The van der Waals surface area contributed by atoms with Gasteiger partial charge in [-0.25, -0.2) is 4.79 Å². The lowest BCUT2D eigenvalue weighted by molar-refractivity contribution is -0.137. The molecule has 0 saturated carbocycles. The highest BCUT2D eigenvalue weighted by atomic mass is 19.4. The van der Waals surface area contributed by atoms with Crippen LogP contribution in [0.3, 0.4) is 0 Å². The van der Waals surface area contributed by atoms with E-state index in [-0.39, 0.29) is 11.5 Å². The fourth-order valence-electron chi connectivity index (χ4n) is 2.88.